The van der Waals surface area contributed by atoms with Gasteiger partial charge >= 0.3 is 6.18 Å². The zero-order valence-electron chi connectivity index (χ0n) is 10.9. The van der Waals surface area contributed by atoms with Crippen molar-refractivity contribution in [3.05, 3.63) is 49.6 Å². The molecular weight excluding hydrogens is 351 g/mol. The normalized spacial score (nSPS) is 11.7. The molecule has 6 heteroatoms. The number of anilines is 1. The summed E-state index contributed by atoms with van der Waals surface area (Å²) in [7, 11) is 0. The van der Waals surface area contributed by atoms with Crippen LogP contribution in [0.5, 0.6) is 0 Å². The maximum atomic E-state index is 12.9. The molecule has 0 aliphatic rings. The number of nitrogens with one attached hydrogen (secondary N) is 1. The predicted molar refractivity (Wildman–Crippen MR) is 80.3 cm³/mol. The highest BCUT2D eigenvalue weighted by Crippen LogP contribution is 2.36. The van der Waals surface area contributed by atoms with E-state index >= 15 is 0 Å². The second-order valence-corrected chi connectivity index (χ2v) is 6.75. The van der Waals surface area contributed by atoms with E-state index in [0.717, 1.165) is 16.5 Å². The average Bonchev–Trinajstić information content (AvgIpc) is 2.65. The molecule has 0 radical (unpaired) electrons. The molecular formula is C14H13BrF3NS. The van der Waals surface area contributed by atoms with Gasteiger partial charge in [-0.3, -0.25) is 0 Å². The Hall–Kier alpha value is -1.01. The lowest BCUT2D eigenvalue weighted by Gasteiger charge is -2.14. The van der Waals surface area contributed by atoms with Gasteiger partial charge in [-0.2, -0.15) is 13.2 Å². The van der Waals surface area contributed by atoms with E-state index in [9.17, 15) is 13.2 Å². The molecule has 0 unspecified atom stereocenters. The fourth-order valence-corrected chi connectivity index (χ4v) is 3.18. The molecule has 1 nitrogen and oxygen atoms in total. The lowest BCUT2D eigenvalue weighted by molar-refractivity contribution is -0.137. The molecule has 0 spiro atoms. The Morgan fingerprint density at radius 2 is 1.90 bits per heavy atom. The minimum Gasteiger partial charge on any atom is -0.380 e. The SMILES string of the molecule is Cc1cc(CNc2cc(Br)ccc2C(F)(F)F)sc1C. The van der Waals surface area contributed by atoms with Crippen LogP contribution in [0.1, 0.15) is 20.9 Å². The molecule has 2 aromatic rings. The monoisotopic (exact) mass is 363 g/mol. The van der Waals surface area contributed by atoms with Crippen LogP contribution in [0.2, 0.25) is 0 Å². The van der Waals surface area contributed by atoms with Crippen molar-refractivity contribution in [2.24, 2.45) is 0 Å². The first-order valence-corrected chi connectivity index (χ1v) is 7.55. The van der Waals surface area contributed by atoms with Crippen molar-refractivity contribution in [1.29, 1.82) is 0 Å². The Balaban J connectivity index is 2.22. The van der Waals surface area contributed by atoms with Gasteiger partial charge < -0.3 is 5.32 Å². The van der Waals surface area contributed by atoms with Crippen molar-refractivity contribution in [3.63, 3.8) is 0 Å². The standard InChI is InChI=1S/C14H13BrF3NS/c1-8-5-11(20-9(8)2)7-19-13-6-10(15)3-4-12(13)14(16,17)18/h3-6,19H,7H2,1-2H3. The number of rotatable bonds is 3. The summed E-state index contributed by atoms with van der Waals surface area (Å²) in [5.74, 6) is 0. The van der Waals surface area contributed by atoms with Crippen molar-refractivity contribution in [3.8, 4) is 0 Å². The zero-order chi connectivity index (χ0) is 14.9. The smallest absolute Gasteiger partial charge is 0.380 e. The van der Waals surface area contributed by atoms with Crippen LogP contribution in [-0.4, -0.2) is 0 Å². The van der Waals surface area contributed by atoms with Crippen LogP contribution >= 0.6 is 27.3 Å². The lowest BCUT2D eigenvalue weighted by atomic mass is 10.1. The molecule has 20 heavy (non-hydrogen) atoms. The van der Waals surface area contributed by atoms with E-state index in [0.29, 0.717) is 11.0 Å². The minimum absolute atomic E-state index is 0.0931. The van der Waals surface area contributed by atoms with E-state index in [1.165, 1.54) is 17.0 Å². The van der Waals surface area contributed by atoms with Crippen LogP contribution in [-0.2, 0) is 12.7 Å². The van der Waals surface area contributed by atoms with Gasteiger partial charge in [-0.05, 0) is 43.7 Å². The Morgan fingerprint density at radius 3 is 2.45 bits per heavy atom. The summed E-state index contributed by atoms with van der Waals surface area (Å²) in [4.78, 5) is 2.21. The van der Waals surface area contributed by atoms with E-state index in [-0.39, 0.29) is 5.69 Å². The molecule has 0 saturated carbocycles. The third kappa shape index (κ3) is 3.55. The van der Waals surface area contributed by atoms with Crippen molar-refractivity contribution < 1.29 is 13.2 Å². The quantitative estimate of drug-likeness (QED) is 0.730. The van der Waals surface area contributed by atoms with Crippen LogP contribution in [0.4, 0.5) is 18.9 Å². The highest BCUT2D eigenvalue weighted by molar-refractivity contribution is 9.10. The summed E-state index contributed by atoms with van der Waals surface area (Å²) in [5, 5.41) is 2.88. The first-order valence-electron chi connectivity index (χ1n) is 5.94. The molecule has 1 heterocycles. The molecule has 0 saturated heterocycles. The van der Waals surface area contributed by atoms with Crippen molar-refractivity contribution >= 4 is 33.0 Å². The van der Waals surface area contributed by atoms with Gasteiger partial charge in [-0.25, -0.2) is 0 Å². The molecule has 0 aliphatic heterocycles. The summed E-state index contributed by atoms with van der Waals surface area (Å²) in [6.07, 6.45) is -4.36. The van der Waals surface area contributed by atoms with E-state index in [1.54, 1.807) is 11.3 Å². The summed E-state index contributed by atoms with van der Waals surface area (Å²) >= 11 is 4.80. The number of thiophene rings is 1. The fraction of sp³-hybridized carbons (Fsp3) is 0.286. The van der Waals surface area contributed by atoms with Crippen LogP contribution in [0, 0.1) is 13.8 Å². The number of halogens is 4. The van der Waals surface area contributed by atoms with E-state index in [2.05, 4.69) is 21.2 Å². The van der Waals surface area contributed by atoms with Crippen LogP contribution in [0.15, 0.2) is 28.7 Å². The number of alkyl halides is 3. The summed E-state index contributed by atoms with van der Waals surface area (Å²) < 4.78 is 39.4. The second kappa shape index (κ2) is 5.77. The van der Waals surface area contributed by atoms with E-state index in [1.807, 2.05) is 19.9 Å². The van der Waals surface area contributed by atoms with Crippen molar-refractivity contribution in [2.45, 2.75) is 26.6 Å². The fourth-order valence-electron chi connectivity index (χ4n) is 1.83. The van der Waals surface area contributed by atoms with Gasteiger partial charge in [0.15, 0.2) is 0 Å². The van der Waals surface area contributed by atoms with E-state index < -0.39 is 11.7 Å². The first kappa shape index (κ1) is 15.4. The topological polar surface area (TPSA) is 12.0 Å². The largest absolute Gasteiger partial charge is 0.418 e. The summed E-state index contributed by atoms with van der Waals surface area (Å²) in [5.41, 5.74) is 0.610. The predicted octanol–water partition coefficient (Wildman–Crippen LogP) is 5.76. The number of benzene rings is 1. The molecule has 0 bridgehead atoms. The summed E-state index contributed by atoms with van der Waals surface area (Å²) in [6, 6.07) is 5.93. The third-order valence-corrected chi connectivity index (χ3v) is 4.60. The Morgan fingerprint density at radius 1 is 1.20 bits per heavy atom. The molecule has 2 rings (SSSR count). The van der Waals surface area contributed by atoms with Crippen LogP contribution in [0.3, 0.4) is 0 Å². The van der Waals surface area contributed by atoms with Gasteiger partial charge in [0.05, 0.1) is 5.56 Å². The zero-order valence-corrected chi connectivity index (χ0v) is 13.3. The van der Waals surface area contributed by atoms with E-state index in [4.69, 9.17) is 0 Å². The molecule has 0 atom stereocenters. The molecule has 1 aromatic heterocycles. The maximum absolute atomic E-state index is 12.9. The van der Waals surface area contributed by atoms with Gasteiger partial charge in [0, 0.05) is 26.5 Å². The molecule has 0 fully saturated rings. The van der Waals surface area contributed by atoms with Gasteiger partial charge in [0.2, 0.25) is 0 Å². The second-order valence-electron chi connectivity index (χ2n) is 4.49. The average molecular weight is 364 g/mol. The van der Waals surface area contributed by atoms with Gasteiger partial charge in [0.1, 0.15) is 0 Å². The number of aryl methyl sites for hydroxylation is 2. The molecule has 1 aromatic carbocycles. The number of hydrogen-bond acceptors (Lipinski definition) is 2. The molecule has 0 amide bonds. The van der Waals surface area contributed by atoms with Gasteiger partial charge in [0.25, 0.3) is 0 Å². The molecule has 1 N–H and O–H groups in total. The summed E-state index contributed by atoms with van der Waals surface area (Å²) in [6.45, 7) is 4.39. The third-order valence-electron chi connectivity index (χ3n) is 2.96. The molecule has 0 aliphatic carbocycles. The molecule has 108 valence electrons. The van der Waals surface area contributed by atoms with Gasteiger partial charge in [-0.15, -0.1) is 11.3 Å². The Labute approximate surface area is 128 Å². The van der Waals surface area contributed by atoms with Crippen LogP contribution < -0.4 is 5.32 Å². The van der Waals surface area contributed by atoms with Crippen molar-refractivity contribution in [1.82, 2.24) is 0 Å². The lowest BCUT2D eigenvalue weighted by Crippen LogP contribution is -2.10. The Kier molecular flexibility index (Phi) is 4.44. The van der Waals surface area contributed by atoms with Gasteiger partial charge in [-0.1, -0.05) is 15.9 Å². The number of hydrogen-bond donors (Lipinski definition) is 1. The Bertz CT molecular complexity index is 600. The van der Waals surface area contributed by atoms with Crippen LogP contribution in [0.25, 0.3) is 0 Å². The van der Waals surface area contributed by atoms with Crippen molar-refractivity contribution in [2.75, 3.05) is 5.32 Å². The highest BCUT2D eigenvalue weighted by atomic mass is 79.9. The highest BCUT2D eigenvalue weighted by Gasteiger charge is 2.33. The maximum Gasteiger partial charge on any atom is 0.418 e. The minimum atomic E-state index is -4.36. The first-order chi connectivity index (χ1) is 9.27.